The van der Waals surface area contributed by atoms with Crippen molar-refractivity contribution in [3.8, 4) is 0 Å². The van der Waals surface area contributed by atoms with Gasteiger partial charge in [-0.25, -0.2) is 0 Å². The van der Waals surface area contributed by atoms with Crippen molar-refractivity contribution in [2.24, 2.45) is 0 Å². The Morgan fingerprint density at radius 2 is 1.00 bits per heavy atom. The average molecular weight is 194 g/mol. The summed E-state index contributed by atoms with van der Waals surface area (Å²) in [4.78, 5) is 28.6. The minimum atomic E-state index is -3.75. The molecule has 0 fully saturated rings. The van der Waals surface area contributed by atoms with E-state index in [0.29, 0.717) is 0 Å². The van der Waals surface area contributed by atoms with Crippen LogP contribution in [0.2, 0.25) is 0 Å². The van der Waals surface area contributed by atoms with E-state index >= 15 is 0 Å². The number of hydrogen-bond acceptors (Lipinski definition) is 6. The first-order valence-electron chi connectivity index (χ1n) is 1.57. The molecule has 0 unspecified atom stereocenters. The van der Waals surface area contributed by atoms with Crippen LogP contribution in [-0.2, 0) is 14.6 Å². The summed E-state index contributed by atoms with van der Waals surface area (Å²) in [7, 11) is 0. The molecule has 10 heavy (non-hydrogen) atoms. The molecule has 9 nitrogen and oxygen atoms in total. The molecule has 0 rings (SSSR count). The van der Waals surface area contributed by atoms with E-state index in [-0.39, 0.29) is 0 Å². The van der Waals surface area contributed by atoms with E-state index in [9.17, 15) is 30.3 Å². The molecular weight excluding hydrogens is 194 g/mol. The Labute approximate surface area is 57.6 Å². The summed E-state index contributed by atoms with van der Waals surface area (Å²) in [6, 6.07) is 0. The van der Waals surface area contributed by atoms with Crippen LogP contribution in [0.4, 0.5) is 0 Å². The summed E-state index contributed by atoms with van der Waals surface area (Å²) in [5.74, 6) is 0. The molecule has 0 saturated carbocycles. The molecule has 59 valence electrons. The fraction of sp³-hybridized carbons (Fsp3) is 0. The van der Waals surface area contributed by atoms with E-state index in [1.54, 1.807) is 0 Å². The summed E-state index contributed by atoms with van der Waals surface area (Å²) in [5.41, 5.74) is 0. The predicted molar refractivity (Wildman–Crippen MR) is 21.0 cm³/mol. The summed E-state index contributed by atoms with van der Waals surface area (Å²) in [6.45, 7) is 0. The molecule has 0 heterocycles. The number of nitro groups is 3. The fourth-order valence-corrected chi connectivity index (χ4v) is 0.583. The zero-order chi connectivity index (χ0) is 8.31. The van der Waals surface area contributed by atoms with Crippen LogP contribution in [0.1, 0.15) is 0 Å². The van der Waals surface area contributed by atoms with Gasteiger partial charge in [-0.05, 0) is 0 Å². The van der Waals surface area contributed by atoms with Crippen LogP contribution < -0.4 is 0 Å². The monoisotopic (exact) mass is 194 g/mol. The Morgan fingerprint density at radius 1 is 0.800 bits per heavy atom. The van der Waals surface area contributed by atoms with E-state index in [4.69, 9.17) is 0 Å². The van der Waals surface area contributed by atoms with Gasteiger partial charge < -0.3 is 0 Å². The second kappa shape index (κ2) is 3.03. The van der Waals surface area contributed by atoms with Gasteiger partial charge in [0.15, 0.2) is 0 Å². The molecule has 0 aliphatic rings. The third kappa shape index (κ3) is 1.91. The van der Waals surface area contributed by atoms with Crippen molar-refractivity contribution in [3.63, 3.8) is 0 Å². The third-order valence-electron chi connectivity index (χ3n) is 0.346. The maximum absolute atomic E-state index is 9.54. The molecule has 10 heteroatoms. The van der Waals surface area contributed by atoms with E-state index in [1.807, 2.05) is 0 Å². The topological polar surface area (TPSA) is 129 Å². The molecule has 0 aliphatic heterocycles. The van der Waals surface area contributed by atoms with Crippen molar-refractivity contribution in [1.29, 1.82) is 0 Å². The molecule has 0 spiro atoms. The Hall–Kier alpha value is -1.28. The van der Waals surface area contributed by atoms with Gasteiger partial charge in [0.05, 0.1) is 0 Å². The second-order valence-electron chi connectivity index (χ2n) is 0.823. The molecule has 0 aromatic carbocycles. The molecule has 0 aromatic heterocycles. The van der Waals surface area contributed by atoms with Crippen molar-refractivity contribution >= 4 is 0 Å². The maximum atomic E-state index is 9.54. The van der Waals surface area contributed by atoms with Gasteiger partial charge in [0.25, 0.3) is 0 Å². The van der Waals surface area contributed by atoms with Gasteiger partial charge in [-0.2, -0.15) is 0 Å². The predicted octanol–water partition coefficient (Wildman–Crippen LogP) is -0.820. The summed E-state index contributed by atoms with van der Waals surface area (Å²) >= 11 is -3.75. The molecule has 0 amide bonds. The van der Waals surface area contributed by atoms with Gasteiger partial charge in [-0.3, -0.25) is 0 Å². The molecular formula is FeN3O6. The van der Waals surface area contributed by atoms with Gasteiger partial charge in [-0.1, -0.05) is 0 Å². The summed E-state index contributed by atoms with van der Waals surface area (Å²) < 4.78 is -4.50. The van der Waals surface area contributed by atoms with Crippen LogP contribution in [0.5, 0.6) is 0 Å². The van der Waals surface area contributed by atoms with Crippen molar-refractivity contribution in [1.82, 2.24) is 0 Å². The summed E-state index contributed by atoms with van der Waals surface area (Å²) in [6.07, 6.45) is 0. The Bertz CT molecular complexity index is 152. The number of hydrogen-bond donors (Lipinski definition) is 0. The van der Waals surface area contributed by atoms with Gasteiger partial charge in [0, 0.05) is 0 Å². The molecule has 0 aliphatic carbocycles. The Kier molecular flexibility index (Phi) is 2.64. The van der Waals surface area contributed by atoms with Crippen molar-refractivity contribution < 1.29 is 26.4 Å². The standard InChI is InChI=1S/Fe.3NO2/c;3*2-1-3. The molecule has 0 saturated heterocycles. The van der Waals surface area contributed by atoms with E-state index < -0.39 is 26.4 Å². The Balaban J connectivity index is 4.43. The van der Waals surface area contributed by atoms with Crippen LogP contribution in [0, 0.1) is 30.3 Å². The SMILES string of the molecule is O=[N+]([O-])[Fe]([N+](=O)[O-])[N+](=O)[O-]. The van der Waals surface area contributed by atoms with Crippen molar-refractivity contribution in [3.05, 3.63) is 30.3 Å². The zero-order valence-electron chi connectivity index (χ0n) is 4.14. The van der Waals surface area contributed by atoms with Crippen molar-refractivity contribution in [2.75, 3.05) is 0 Å². The quantitative estimate of drug-likeness (QED) is 0.327. The van der Waals surface area contributed by atoms with Gasteiger partial charge in [0.2, 0.25) is 0 Å². The van der Waals surface area contributed by atoms with Crippen molar-refractivity contribution in [2.45, 2.75) is 0 Å². The molecule has 0 bridgehead atoms. The average Bonchev–Trinajstić information content (AvgIpc) is 1.59. The minimum absolute atomic E-state index is 1.50. The van der Waals surface area contributed by atoms with Crippen LogP contribution in [0.3, 0.4) is 0 Å². The normalized spacial score (nSPS) is 10.2. The van der Waals surface area contributed by atoms with Gasteiger partial charge in [0.1, 0.15) is 0 Å². The molecule has 0 radical (unpaired) electrons. The number of nitrogens with zero attached hydrogens (tertiary/aromatic N) is 3. The zero-order valence-corrected chi connectivity index (χ0v) is 5.25. The first-order valence-corrected chi connectivity index (χ1v) is 3.05. The third-order valence-corrected chi connectivity index (χ3v) is 1.43. The second-order valence-corrected chi connectivity index (χ2v) is 2.70. The van der Waals surface area contributed by atoms with Gasteiger partial charge in [-0.15, -0.1) is 0 Å². The van der Waals surface area contributed by atoms with Gasteiger partial charge >= 0.3 is 56.7 Å². The fourth-order valence-electron chi connectivity index (χ4n) is 0.141. The van der Waals surface area contributed by atoms with Crippen LogP contribution in [0.25, 0.3) is 0 Å². The Morgan fingerprint density at radius 3 is 1.00 bits per heavy atom. The van der Waals surface area contributed by atoms with Crippen LogP contribution in [0.15, 0.2) is 0 Å². The van der Waals surface area contributed by atoms with Crippen LogP contribution in [-0.4, -0.2) is 11.8 Å². The molecule has 0 N–H and O–H groups in total. The van der Waals surface area contributed by atoms with Crippen LogP contribution >= 0.6 is 0 Å². The van der Waals surface area contributed by atoms with E-state index in [1.165, 1.54) is 0 Å². The number of rotatable bonds is 3. The molecule has 0 atom stereocenters. The first-order chi connectivity index (χ1) is 4.46. The molecule has 0 aromatic rings. The summed E-state index contributed by atoms with van der Waals surface area (Å²) in [5, 5.41) is 28.6. The van der Waals surface area contributed by atoms with E-state index in [2.05, 4.69) is 0 Å². The van der Waals surface area contributed by atoms with E-state index in [0.717, 1.165) is 0 Å². The first kappa shape index (κ1) is 8.72.